The average Bonchev–Trinajstić information content (AvgIpc) is 2.09. The molecule has 0 amide bonds. The summed E-state index contributed by atoms with van der Waals surface area (Å²) in [6.45, 7) is 1.71. The molecule has 1 unspecified atom stereocenters. The quantitative estimate of drug-likeness (QED) is 0.400. The second-order valence-electron chi connectivity index (χ2n) is 2.19. The number of nitrogens with one attached hydrogen (secondary N) is 1. The van der Waals surface area contributed by atoms with E-state index in [2.05, 4.69) is 22.2 Å². The normalized spacial score (nSPS) is 20.9. The van der Waals surface area contributed by atoms with Crippen LogP contribution in [0.15, 0.2) is 16.8 Å². The Morgan fingerprint density at radius 2 is 2.58 bits per heavy atom. The standard InChI is InChI=1S/C8H9N3O/c1-2-3-6-4-10-7(5-12)11-8(6)9/h4-5,7,10H,1H3,(H2,9,11). The van der Waals surface area contributed by atoms with E-state index >= 15 is 0 Å². The van der Waals surface area contributed by atoms with Crippen LogP contribution in [0.2, 0.25) is 0 Å². The van der Waals surface area contributed by atoms with Gasteiger partial charge >= 0.3 is 0 Å². The van der Waals surface area contributed by atoms with E-state index in [-0.39, 0.29) is 0 Å². The molecule has 12 heavy (non-hydrogen) atoms. The molecule has 0 radical (unpaired) electrons. The van der Waals surface area contributed by atoms with Gasteiger partial charge in [0.25, 0.3) is 0 Å². The number of nitrogens with zero attached hydrogens (tertiary/aromatic N) is 1. The van der Waals surface area contributed by atoms with Crippen LogP contribution in [0.3, 0.4) is 0 Å². The van der Waals surface area contributed by atoms with E-state index in [9.17, 15) is 4.79 Å². The van der Waals surface area contributed by atoms with Gasteiger partial charge in [0.1, 0.15) is 5.84 Å². The van der Waals surface area contributed by atoms with Crippen molar-refractivity contribution in [2.24, 2.45) is 10.7 Å². The number of carbonyl (C=O) groups is 1. The van der Waals surface area contributed by atoms with Crippen molar-refractivity contribution in [2.75, 3.05) is 0 Å². The van der Waals surface area contributed by atoms with Crippen molar-refractivity contribution >= 4 is 12.1 Å². The second kappa shape index (κ2) is 3.58. The Morgan fingerprint density at radius 3 is 3.08 bits per heavy atom. The lowest BCUT2D eigenvalue weighted by atomic mass is 10.2. The average molecular weight is 163 g/mol. The molecule has 0 spiro atoms. The molecule has 1 atom stereocenters. The highest BCUT2D eigenvalue weighted by Gasteiger charge is 2.10. The Balaban J connectivity index is 2.83. The van der Waals surface area contributed by atoms with E-state index in [1.165, 1.54) is 0 Å². The molecule has 0 aromatic carbocycles. The maximum Gasteiger partial charge on any atom is 0.177 e. The fourth-order valence-corrected chi connectivity index (χ4v) is 0.804. The number of aliphatic imine (C=N–C) groups is 1. The predicted molar refractivity (Wildman–Crippen MR) is 46.1 cm³/mol. The zero-order valence-corrected chi connectivity index (χ0v) is 6.66. The third-order valence-electron chi connectivity index (χ3n) is 1.34. The molecule has 0 fully saturated rings. The molecule has 1 aliphatic rings. The molecular weight excluding hydrogens is 154 g/mol. The molecule has 1 rings (SSSR count). The first-order valence-electron chi connectivity index (χ1n) is 3.46. The highest BCUT2D eigenvalue weighted by Crippen LogP contribution is 1.99. The van der Waals surface area contributed by atoms with Crippen molar-refractivity contribution < 1.29 is 4.79 Å². The maximum atomic E-state index is 10.3. The van der Waals surface area contributed by atoms with E-state index in [4.69, 9.17) is 5.73 Å². The smallest absolute Gasteiger partial charge is 0.177 e. The van der Waals surface area contributed by atoms with E-state index in [0.717, 1.165) is 0 Å². The summed E-state index contributed by atoms with van der Waals surface area (Å²) in [7, 11) is 0. The van der Waals surface area contributed by atoms with Gasteiger partial charge in [0, 0.05) is 6.20 Å². The number of hydrogen-bond donors (Lipinski definition) is 2. The summed E-state index contributed by atoms with van der Waals surface area (Å²) in [4.78, 5) is 14.1. The number of aldehydes is 1. The van der Waals surface area contributed by atoms with Gasteiger partial charge in [-0.1, -0.05) is 5.92 Å². The number of nitrogens with two attached hydrogens (primary N) is 1. The number of hydrogen-bond acceptors (Lipinski definition) is 4. The van der Waals surface area contributed by atoms with Gasteiger partial charge in [-0.05, 0) is 6.92 Å². The lowest BCUT2D eigenvalue weighted by Gasteiger charge is -2.13. The monoisotopic (exact) mass is 163 g/mol. The minimum atomic E-state index is -0.563. The molecule has 0 aromatic rings. The van der Waals surface area contributed by atoms with Crippen LogP contribution in [0.4, 0.5) is 0 Å². The first-order chi connectivity index (χ1) is 5.77. The van der Waals surface area contributed by atoms with Gasteiger partial charge in [-0.25, -0.2) is 4.99 Å². The predicted octanol–water partition coefficient (Wildman–Crippen LogP) is -0.621. The van der Waals surface area contributed by atoms with Crippen LogP contribution in [0.5, 0.6) is 0 Å². The zero-order chi connectivity index (χ0) is 8.97. The summed E-state index contributed by atoms with van der Waals surface area (Å²) in [5.74, 6) is 5.75. The minimum Gasteiger partial charge on any atom is -0.383 e. The van der Waals surface area contributed by atoms with Gasteiger partial charge < -0.3 is 11.1 Å². The largest absolute Gasteiger partial charge is 0.383 e. The van der Waals surface area contributed by atoms with Gasteiger partial charge in [-0.15, -0.1) is 5.92 Å². The second-order valence-corrected chi connectivity index (χ2v) is 2.19. The van der Waals surface area contributed by atoms with Crippen LogP contribution in [-0.2, 0) is 4.79 Å². The van der Waals surface area contributed by atoms with Gasteiger partial charge in [0.15, 0.2) is 12.5 Å². The molecular formula is C8H9N3O. The molecule has 4 nitrogen and oxygen atoms in total. The van der Waals surface area contributed by atoms with E-state index < -0.39 is 6.17 Å². The maximum absolute atomic E-state index is 10.3. The van der Waals surface area contributed by atoms with E-state index in [1.807, 2.05) is 0 Å². The Labute approximate surface area is 70.5 Å². The van der Waals surface area contributed by atoms with Gasteiger partial charge in [-0.3, -0.25) is 4.79 Å². The summed E-state index contributed by atoms with van der Waals surface area (Å²) in [6, 6.07) is 0. The van der Waals surface area contributed by atoms with Crippen molar-refractivity contribution in [1.29, 1.82) is 0 Å². The first-order valence-corrected chi connectivity index (χ1v) is 3.46. The summed E-state index contributed by atoms with van der Waals surface area (Å²) < 4.78 is 0. The molecule has 0 saturated heterocycles. The van der Waals surface area contributed by atoms with Crippen LogP contribution in [0, 0.1) is 11.8 Å². The fourth-order valence-electron chi connectivity index (χ4n) is 0.804. The highest BCUT2D eigenvalue weighted by atomic mass is 16.1. The summed E-state index contributed by atoms with van der Waals surface area (Å²) in [5, 5.41) is 2.73. The van der Waals surface area contributed by atoms with Gasteiger partial charge in [0.05, 0.1) is 5.57 Å². The Kier molecular flexibility index (Phi) is 2.49. The Hall–Kier alpha value is -1.76. The van der Waals surface area contributed by atoms with E-state index in [0.29, 0.717) is 17.7 Å². The van der Waals surface area contributed by atoms with Crippen LogP contribution >= 0.6 is 0 Å². The van der Waals surface area contributed by atoms with Crippen molar-refractivity contribution in [2.45, 2.75) is 13.1 Å². The number of amidine groups is 1. The third kappa shape index (κ3) is 1.64. The lowest BCUT2D eigenvalue weighted by molar-refractivity contribution is -0.109. The Morgan fingerprint density at radius 1 is 1.83 bits per heavy atom. The molecule has 62 valence electrons. The van der Waals surface area contributed by atoms with Crippen LogP contribution in [0.25, 0.3) is 0 Å². The highest BCUT2D eigenvalue weighted by molar-refractivity contribution is 6.02. The molecule has 1 aliphatic heterocycles. The van der Waals surface area contributed by atoms with Crippen molar-refractivity contribution in [1.82, 2.24) is 5.32 Å². The van der Waals surface area contributed by atoms with Crippen molar-refractivity contribution in [3.63, 3.8) is 0 Å². The minimum absolute atomic E-state index is 0.306. The molecule has 0 aromatic heterocycles. The fraction of sp³-hybridized carbons (Fsp3) is 0.250. The molecule has 1 heterocycles. The van der Waals surface area contributed by atoms with E-state index in [1.54, 1.807) is 13.1 Å². The summed E-state index contributed by atoms with van der Waals surface area (Å²) >= 11 is 0. The SMILES string of the molecule is CC#CC1=CNC(C=O)N=C1N. The summed E-state index contributed by atoms with van der Waals surface area (Å²) in [5.41, 5.74) is 6.13. The van der Waals surface area contributed by atoms with Gasteiger partial charge in [0.2, 0.25) is 0 Å². The van der Waals surface area contributed by atoms with Crippen LogP contribution < -0.4 is 11.1 Å². The number of carbonyl (C=O) groups excluding carboxylic acids is 1. The van der Waals surface area contributed by atoms with Crippen LogP contribution in [-0.4, -0.2) is 18.3 Å². The van der Waals surface area contributed by atoms with Crippen LogP contribution in [0.1, 0.15) is 6.92 Å². The lowest BCUT2D eigenvalue weighted by Crippen LogP contribution is -2.33. The molecule has 0 aliphatic carbocycles. The molecule has 0 saturated carbocycles. The topological polar surface area (TPSA) is 67.5 Å². The molecule has 3 N–H and O–H groups in total. The third-order valence-corrected chi connectivity index (χ3v) is 1.34. The Bertz CT molecular complexity index is 306. The summed E-state index contributed by atoms with van der Waals surface area (Å²) in [6.07, 6.45) is 1.71. The van der Waals surface area contributed by atoms with Crippen molar-refractivity contribution in [3.8, 4) is 11.8 Å². The number of rotatable bonds is 1. The molecule has 0 bridgehead atoms. The zero-order valence-electron chi connectivity index (χ0n) is 6.66. The van der Waals surface area contributed by atoms with Gasteiger partial charge in [-0.2, -0.15) is 0 Å². The first kappa shape index (κ1) is 8.34. The van der Waals surface area contributed by atoms with Crippen molar-refractivity contribution in [3.05, 3.63) is 11.8 Å². The molecule has 4 heteroatoms.